The highest BCUT2D eigenvalue weighted by atomic mass is 14.3. The molecule has 4 rings (SSSR count). The minimum absolute atomic E-state index is 1.13. The fraction of sp³-hybridized carbons (Fsp3) is 0.136. The van der Waals surface area contributed by atoms with Gasteiger partial charge in [0.1, 0.15) is 0 Å². The van der Waals surface area contributed by atoms with Crippen LogP contribution in [0.15, 0.2) is 66.7 Å². The zero-order valence-corrected chi connectivity index (χ0v) is 12.8. The van der Waals surface area contributed by atoms with Gasteiger partial charge in [0.25, 0.3) is 0 Å². The Morgan fingerprint density at radius 2 is 1.45 bits per heavy atom. The Labute approximate surface area is 132 Å². The van der Waals surface area contributed by atoms with Gasteiger partial charge < -0.3 is 0 Å². The van der Waals surface area contributed by atoms with Crippen molar-refractivity contribution in [2.24, 2.45) is 0 Å². The van der Waals surface area contributed by atoms with Gasteiger partial charge in [-0.2, -0.15) is 0 Å². The number of rotatable bonds is 3. The van der Waals surface area contributed by atoms with Gasteiger partial charge in [0.2, 0.25) is 0 Å². The van der Waals surface area contributed by atoms with Gasteiger partial charge >= 0.3 is 0 Å². The monoisotopic (exact) mass is 283 g/mol. The number of allylic oxidation sites excluding steroid dienone is 2. The van der Waals surface area contributed by atoms with Crippen LogP contribution in [0, 0.1) is 6.42 Å². The highest BCUT2D eigenvalue weighted by Crippen LogP contribution is 2.43. The topological polar surface area (TPSA) is 0 Å². The van der Waals surface area contributed by atoms with Gasteiger partial charge in [-0.25, -0.2) is 0 Å². The van der Waals surface area contributed by atoms with Crippen LogP contribution in [0.1, 0.15) is 36.5 Å². The van der Waals surface area contributed by atoms with Crippen LogP contribution >= 0.6 is 0 Å². The first kappa shape index (κ1) is 13.3. The molecule has 0 N–H and O–H groups in total. The summed E-state index contributed by atoms with van der Waals surface area (Å²) in [5.74, 6) is 0. The molecule has 1 aliphatic rings. The molecule has 0 bridgehead atoms. The summed E-state index contributed by atoms with van der Waals surface area (Å²) in [6.45, 7) is 2.26. The molecule has 3 aromatic rings. The Balaban J connectivity index is 1.95. The predicted molar refractivity (Wildman–Crippen MR) is 95.5 cm³/mol. The third-order valence-electron chi connectivity index (χ3n) is 4.49. The van der Waals surface area contributed by atoms with Gasteiger partial charge in [0.05, 0.1) is 0 Å². The van der Waals surface area contributed by atoms with Crippen molar-refractivity contribution in [1.82, 2.24) is 0 Å². The molecule has 22 heavy (non-hydrogen) atoms. The lowest BCUT2D eigenvalue weighted by molar-refractivity contribution is 0.976. The van der Waals surface area contributed by atoms with Crippen molar-refractivity contribution >= 4 is 21.9 Å². The molecule has 3 aromatic carbocycles. The molecular formula is C22H19. The van der Waals surface area contributed by atoms with Crippen molar-refractivity contribution in [2.45, 2.75) is 19.8 Å². The molecule has 0 fully saturated rings. The molecule has 0 nitrogen and oxygen atoms in total. The third-order valence-corrected chi connectivity index (χ3v) is 4.49. The van der Waals surface area contributed by atoms with Crippen LogP contribution < -0.4 is 0 Å². The van der Waals surface area contributed by atoms with E-state index in [1.807, 2.05) is 0 Å². The molecule has 0 spiro atoms. The molecule has 0 heteroatoms. The smallest absolute Gasteiger partial charge is 0.0214 e. The molecule has 0 saturated heterocycles. The van der Waals surface area contributed by atoms with Crippen molar-refractivity contribution in [1.29, 1.82) is 0 Å². The lowest BCUT2D eigenvalue weighted by atomic mass is 9.93. The molecule has 0 aromatic heterocycles. The number of hydrogen-bond donors (Lipinski definition) is 0. The quantitative estimate of drug-likeness (QED) is 0.543. The molecule has 1 radical (unpaired) electrons. The van der Waals surface area contributed by atoms with Crippen molar-refractivity contribution in [3.63, 3.8) is 0 Å². The maximum Gasteiger partial charge on any atom is 0.0214 e. The van der Waals surface area contributed by atoms with Gasteiger partial charge in [-0.3, -0.25) is 0 Å². The summed E-state index contributed by atoms with van der Waals surface area (Å²) in [7, 11) is 0. The van der Waals surface area contributed by atoms with Crippen LogP contribution in [0.4, 0.5) is 0 Å². The van der Waals surface area contributed by atoms with Crippen molar-refractivity contribution in [3.05, 3.63) is 89.8 Å². The zero-order chi connectivity index (χ0) is 14.9. The van der Waals surface area contributed by atoms with Gasteiger partial charge in [-0.1, -0.05) is 80.1 Å². The second-order valence-electron chi connectivity index (χ2n) is 5.90. The molecular weight excluding hydrogens is 264 g/mol. The Bertz CT molecular complexity index is 863. The maximum atomic E-state index is 2.36. The first-order valence-corrected chi connectivity index (χ1v) is 8.04. The van der Waals surface area contributed by atoms with Gasteiger partial charge in [0.15, 0.2) is 0 Å². The van der Waals surface area contributed by atoms with E-state index in [9.17, 15) is 0 Å². The normalized spacial score (nSPS) is 13.7. The molecule has 107 valence electrons. The SMILES string of the molecule is CCCC1=C(c2cccc3ccccc23)[CH]c2ccccc21. The Morgan fingerprint density at radius 1 is 0.727 bits per heavy atom. The minimum atomic E-state index is 1.13. The van der Waals surface area contributed by atoms with E-state index in [1.165, 1.54) is 45.0 Å². The molecule has 0 saturated carbocycles. The number of benzene rings is 3. The average molecular weight is 283 g/mol. The number of hydrogen-bond acceptors (Lipinski definition) is 0. The maximum absolute atomic E-state index is 2.36. The van der Waals surface area contributed by atoms with Crippen LogP contribution in [0.2, 0.25) is 0 Å². The highest BCUT2D eigenvalue weighted by Gasteiger charge is 2.22. The summed E-state index contributed by atoms with van der Waals surface area (Å²) in [6.07, 6.45) is 4.67. The van der Waals surface area contributed by atoms with Gasteiger partial charge in [-0.15, -0.1) is 0 Å². The summed E-state index contributed by atoms with van der Waals surface area (Å²) >= 11 is 0. The zero-order valence-electron chi connectivity index (χ0n) is 12.8. The van der Waals surface area contributed by atoms with E-state index in [-0.39, 0.29) is 0 Å². The second-order valence-corrected chi connectivity index (χ2v) is 5.90. The first-order chi connectivity index (χ1) is 10.9. The summed E-state index contributed by atoms with van der Waals surface area (Å²) < 4.78 is 0. The van der Waals surface area contributed by atoms with Gasteiger partial charge in [0, 0.05) is 6.42 Å². The molecule has 0 unspecified atom stereocenters. The van der Waals surface area contributed by atoms with E-state index in [1.54, 1.807) is 0 Å². The summed E-state index contributed by atoms with van der Waals surface area (Å²) in [5.41, 5.74) is 7.02. The van der Waals surface area contributed by atoms with Crippen LogP contribution in [-0.4, -0.2) is 0 Å². The Hall–Kier alpha value is -2.34. The molecule has 0 atom stereocenters. The minimum Gasteiger partial charge on any atom is -0.0651 e. The van der Waals surface area contributed by atoms with E-state index in [2.05, 4.69) is 80.1 Å². The van der Waals surface area contributed by atoms with E-state index in [4.69, 9.17) is 0 Å². The van der Waals surface area contributed by atoms with Gasteiger partial charge in [-0.05, 0) is 45.0 Å². The summed E-state index contributed by atoms with van der Waals surface area (Å²) in [6, 6.07) is 24.1. The van der Waals surface area contributed by atoms with Crippen LogP contribution in [0.3, 0.4) is 0 Å². The number of fused-ring (bicyclic) bond motifs is 2. The first-order valence-electron chi connectivity index (χ1n) is 8.04. The molecule has 1 aliphatic carbocycles. The lowest BCUT2D eigenvalue weighted by Crippen LogP contribution is -1.88. The fourth-order valence-electron chi connectivity index (χ4n) is 3.51. The molecule has 0 amide bonds. The van der Waals surface area contributed by atoms with E-state index < -0.39 is 0 Å². The third kappa shape index (κ3) is 2.07. The van der Waals surface area contributed by atoms with E-state index >= 15 is 0 Å². The van der Waals surface area contributed by atoms with E-state index in [0.29, 0.717) is 0 Å². The fourth-order valence-corrected chi connectivity index (χ4v) is 3.51. The predicted octanol–water partition coefficient (Wildman–Crippen LogP) is 6.12. The van der Waals surface area contributed by atoms with Crippen molar-refractivity contribution in [2.75, 3.05) is 0 Å². The molecule has 0 heterocycles. The summed E-state index contributed by atoms with van der Waals surface area (Å²) in [4.78, 5) is 0. The average Bonchev–Trinajstić information content (AvgIpc) is 2.93. The molecule has 0 aliphatic heterocycles. The van der Waals surface area contributed by atoms with E-state index in [0.717, 1.165) is 6.42 Å². The Morgan fingerprint density at radius 3 is 2.36 bits per heavy atom. The largest absolute Gasteiger partial charge is 0.0651 e. The Kier molecular flexibility index (Phi) is 3.31. The van der Waals surface area contributed by atoms with Crippen LogP contribution in [0.5, 0.6) is 0 Å². The van der Waals surface area contributed by atoms with Crippen LogP contribution in [-0.2, 0) is 0 Å². The van der Waals surface area contributed by atoms with Crippen molar-refractivity contribution < 1.29 is 0 Å². The standard InChI is InChI=1S/C22H19/c1-2-8-20-19-13-6-4-10-17(19)15-22(20)21-14-7-11-16-9-3-5-12-18(16)21/h3-7,9-15H,2,8H2,1H3. The summed E-state index contributed by atoms with van der Waals surface area (Å²) in [5, 5.41) is 2.66. The van der Waals surface area contributed by atoms with Crippen LogP contribution in [0.25, 0.3) is 21.9 Å². The second kappa shape index (κ2) is 5.46. The highest BCUT2D eigenvalue weighted by molar-refractivity contribution is 6.08. The lowest BCUT2D eigenvalue weighted by Gasteiger charge is -2.11. The van der Waals surface area contributed by atoms with Crippen molar-refractivity contribution in [3.8, 4) is 0 Å².